The monoisotopic (exact) mass is 451 g/mol. The van der Waals surface area contributed by atoms with Crippen molar-refractivity contribution in [1.82, 2.24) is 4.98 Å². The Kier molecular flexibility index (Phi) is 5.64. The number of hydrogen-bond donors (Lipinski definition) is 1. The highest BCUT2D eigenvalue weighted by molar-refractivity contribution is 5.83. The van der Waals surface area contributed by atoms with Gasteiger partial charge in [0.15, 0.2) is 11.5 Å². The van der Waals surface area contributed by atoms with Gasteiger partial charge in [0.05, 0.1) is 25.1 Å². The highest BCUT2D eigenvalue weighted by atomic mass is 16.5. The first kappa shape index (κ1) is 21.5. The smallest absolute Gasteiger partial charge is 0.161 e. The van der Waals surface area contributed by atoms with Crippen molar-refractivity contribution in [2.45, 2.75) is 13.8 Å². The van der Waals surface area contributed by atoms with E-state index in [4.69, 9.17) is 19.0 Å². The summed E-state index contributed by atoms with van der Waals surface area (Å²) in [6.45, 7) is 4.12. The SMILES string of the molecule is COc1ccc(-c2cc(=NNc3ccc4ccccc4n3)c3c(C)cc(C)cc3o2)cc1OC. The minimum atomic E-state index is 0.632. The van der Waals surface area contributed by atoms with Gasteiger partial charge in [0.2, 0.25) is 0 Å². The van der Waals surface area contributed by atoms with E-state index in [1.807, 2.05) is 66.7 Å². The number of aromatic nitrogens is 1. The summed E-state index contributed by atoms with van der Waals surface area (Å²) in [7, 11) is 3.24. The molecular formula is C28H25N3O3. The fraction of sp³-hybridized carbons (Fsp3) is 0.143. The number of hydrogen-bond acceptors (Lipinski definition) is 6. The van der Waals surface area contributed by atoms with Gasteiger partial charge < -0.3 is 13.9 Å². The molecule has 0 saturated heterocycles. The molecule has 34 heavy (non-hydrogen) atoms. The van der Waals surface area contributed by atoms with Crippen molar-refractivity contribution in [2.75, 3.05) is 19.6 Å². The number of para-hydroxylation sites is 1. The Labute approximate surface area is 197 Å². The number of aryl methyl sites for hydroxylation is 2. The van der Waals surface area contributed by atoms with E-state index >= 15 is 0 Å². The third-order valence-corrected chi connectivity index (χ3v) is 5.74. The molecule has 0 aliphatic heterocycles. The summed E-state index contributed by atoms with van der Waals surface area (Å²) in [5, 5.41) is 7.53. The van der Waals surface area contributed by atoms with Crippen molar-refractivity contribution in [1.29, 1.82) is 0 Å². The van der Waals surface area contributed by atoms with Crippen LogP contribution in [0.5, 0.6) is 11.5 Å². The maximum atomic E-state index is 6.33. The number of rotatable bonds is 5. The summed E-state index contributed by atoms with van der Waals surface area (Å²) in [4.78, 5) is 4.67. The van der Waals surface area contributed by atoms with Gasteiger partial charge in [-0.3, -0.25) is 5.43 Å². The van der Waals surface area contributed by atoms with Gasteiger partial charge >= 0.3 is 0 Å². The molecule has 0 amide bonds. The van der Waals surface area contributed by atoms with Crippen molar-refractivity contribution in [2.24, 2.45) is 5.10 Å². The van der Waals surface area contributed by atoms with Crippen molar-refractivity contribution in [3.8, 4) is 22.8 Å². The van der Waals surface area contributed by atoms with Crippen LogP contribution in [0.25, 0.3) is 33.2 Å². The van der Waals surface area contributed by atoms with Crippen LogP contribution in [0.1, 0.15) is 11.1 Å². The highest BCUT2D eigenvalue weighted by Crippen LogP contribution is 2.33. The average molecular weight is 452 g/mol. The van der Waals surface area contributed by atoms with Crippen LogP contribution < -0.4 is 20.3 Å². The van der Waals surface area contributed by atoms with E-state index in [0.717, 1.165) is 43.9 Å². The molecule has 0 aliphatic rings. The Bertz CT molecular complexity index is 1590. The summed E-state index contributed by atoms with van der Waals surface area (Å²) >= 11 is 0. The van der Waals surface area contributed by atoms with E-state index in [0.29, 0.717) is 23.1 Å². The van der Waals surface area contributed by atoms with Crippen molar-refractivity contribution >= 4 is 27.7 Å². The number of methoxy groups -OCH3 is 2. The van der Waals surface area contributed by atoms with Crippen LogP contribution >= 0.6 is 0 Å². The lowest BCUT2D eigenvalue weighted by Gasteiger charge is -2.11. The lowest BCUT2D eigenvalue weighted by molar-refractivity contribution is 0.355. The van der Waals surface area contributed by atoms with Crippen molar-refractivity contribution in [3.63, 3.8) is 0 Å². The zero-order chi connectivity index (χ0) is 23.7. The second-order valence-corrected chi connectivity index (χ2v) is 8.13. The molecule has 170 valence electrons. The van der Waals surface area contributed by atoms with Gasteiger partial charge in [0, 0.05) is 22.4 Å². The standard InChI is InChI=1S/C28H25N3O3/c1-17-13-18(2)28-22(30-31-27-12-10-19-7-5-6-8-21(19)29-27)16-24(34-26(28)14-17)20-9-11-23(32-3)25(15-20)33-4/h5-16H,1-4H3,(H,29,31). The highest BCUT2D eigenvalue weighted by Gasteiger charge is 2.12. The number of benzene rings is 3. The fourth-order valence-corrected chi connectivity index (χ4v) is 4.15. The molecule has 6 nitrogen and oxygen atoms in total. The summed E-state index contributed by atoms with van der Waals surface area (Å²) in [6, 6.07) is 23.7. The zero-order valence-electron chi connectivity index (χ0n) is 19.5. The molecule has 6 heteroatoms. The van der Waals surface area contributed by atoms with Crippen LogP contribution in [-0.2, 0) is 0 Å². The Morgan fingerprint density at radius 3 is 2.50 bits per heavy atom. The maximum Gasteiger partial charge on any atom is 0.161 e. The third-order valence-electron chi connectivity index (χ3n) is 5.74. The average Bonchev–Trinajstić information content (AvgIpc) is 2.86. The Balaban J connectivity index is 1.66. The third kappa shape index (κ3) is 4.06. The number of ether oxygens (including phenoxy) is 2. The van der Waals surface area contributed by atoms with E-state index in [1.54, 1.807) is 14.2 Å². The summed E-state index contributed by atoms with van der Waals surface area (Å²) < 4.78 is 17.2. The van der Waals surface area contributed by atoms with Crippen molar-refractivity contribution < 1.29 is 13.9 Å². The molecule has 1 N–H and O–H groups in total. The van der Waals surface area contributed by atoms with Gasteiger partial charge in [-0.2, -0.15) is 5.10 Å². The first-order valence-corrected chi connectivity index (χ1v) is 11.0. The molecule has 0 spiro atoms. The van der Waals surface area contributed by atoms with E-state index < -0.39 is 0 Å². The molecule has 0 fully saturated rings. The molecule has 0 bridgehead atoms. The van der Waals surface area contributed by atoms with Gasteiger partial charge in [-0.25, -0.2) is 4.98 Å². The van der Waals surface area contributed by atoms with Crippen LogP contribution in [0.3, 0.4) is 0 Å². The van der Waals surface area contributed by atoms with Crippen LogP contribution in [0.2, 0.25) is 0 Å². The lowest BCUT2D eigenvalue weighted by Crippen LogP contribution is -2.09. The minimum Gasteiger partial charge on any atom is -0.493 e. The topological polar surface area (TPSA) is 68.9 Å². The van der Waals surface area contributed by atoms with E-state index in [1.165, 1.54) is 0 Å². The Morgan fingerprint density at radius 2 is 1.68 bits per heavy atom. The molecule has 0 saturated carbocycles. The number of nitrogens with zero attached hydrogens (tertiary/aromatic N) is 2. The fourth-order valence-electron chi connectivity index (χ4n) is 4.15. The molecule has 0 aliphatic carbocycles. The number of pyridine rings is 1. The summed E-state index contributed by atoms with van der Waals surface area (Å²) in [5.74, 6) is 2.64. The number of fused-ring (bicyclic) bond motifs is 2. The molecule has 2 heterocycles. The van der Waals surface area contributed by atoms with E-state index in [9.17, 15) is 0 Å². The number of nitrogens with one attached hydrogen (secondary N) is 1. The van der Waals surface area contributed by atoms with Gasteiger partial charge in [0.25, 0.3) is 0 Å². The Hall–Kier alpha value is -4.32. The van der Waals surface area contributed by atoms with Crippen LogP contribution in [0.15, 0.2) is 82.3 Å². The number of anilines is 1. The largest absolute Gasteiger partial charge is 0.493 e. The van der Waals surface area contributed by atoms with Crippen LogP contribution in [0.4, 0.5) is 5.82 Å². The van der Waals surface area contributed by atoms with E-state index in [2.05, 4.69) is 30.3 Å². The minimum absolute atomic E-state index is 0.632. The van der Waals surface area contributed by atoms with Gasteiger partial charge in [-0.05, 0) is 67.4 Å². The Morgan fingerprint density at radius 1 is 0.853 bits per heavy atom. The second kappa shape index (κ2) is 8.90. The molecule has 5 aromatic rings. The van der Waals surface area contributed by atoms with Gasteiger partial charge in [-0.15, -0.1) is 0 Å². The molecule has 5 rings (SSSR count). The predicted octanol–water partition coefficient (Wildman–Crippen LogP) is 6.21. The normalized spacial score (nSPS) is 11.7. The molecule has 0 atom stereocenters. The summed E-state index contributed by atoms with van der Waals surface area (Å²) in [5.41, 5.74) is 7.87. The maximum absolute atomic E-state index is 6.33. The predicted molar refractivity (Wildman–Crippen MR) is 135 cm³/mol. The summed E-state index contributed by atoms with van der Waals surface area (Å²) in [6.07, 6.45) is 0. The van der Waals surface area contributed by atoms with Gasteiger partial charge in [0.1, 0.15) is 17.2 Å². The quantitative estimate of drug-likeness (QED) is 0.322. The molecule has 3 aromatic carbocycles. The lowest BCUT2D eigenvalue weighted by atomic mass is 10.0. The van der Waals surface area contributed by atoms with Crippen LogP contribution in [-0.4, -0.2) is 19.2 Å². The van der Waals surface area contributed by atoms with E-state index in [-0.39, 0.29) is 0 Å². The molecule has 0 unspecified atom stereocenters. The molecule has 2 aromatic heterocycles. The van der Waals surface area contributed by atoms with Gasteiger partial charge in [-0.1, -0.05) is 24.3 Å². The molecule has 0 radical (unpaired) electrons. The first-order valence-electron chi connectivity index (χ1n) is 11.0. The second-order valence-electron chi connectivity index (χ2n) is 8.13. The first-order chi connectivity index (χ1) is 16.6. The molecular weight excluding hydrogens is 426 g/mol. The van der Waals surface area contributed by atoms with Crippen molar-refractivity contribution in [3.05, 3.63) is 89.3 Å². The van der Waals surface area contributed by atoms with Crippen LogP contribution in [0, 0.1) is 13.8 Å². The zero-order valence-corrected chi connectivity index (χ0v) is 19.5.